The minimum absolute atomic E-state index is 0.185. The van der Waals surface area contributed by atoms with Crippen molar-refractivity contribution >= 4 is 22.9 Å². The second kappa shape index (κ2) is 17.2. The molecule has 6 heteroatoms. The van der Waals surface area contributed by atoms with E-state index in [4.69, 9.17) is 9.47 Å². The lowest BCUT2D eigenvalue weighted by Gasteiger charge is -2.34. The number of hydrogen-bond donors (Lipinski definition) is 0. The van der Waals surface area contributed by atoms with Crippen molar-refractivity contribution in [3.63, 3.8) is 0 Å². The number of unbranched alkanes of at least 4 members (excludes halogenated alkanes) is 4. The van der Waals surface area contributed by atoms with E-state index in [1.165, 1.54) is 11.1 Å². The van der Waals surface area contributed by atoms with Gasteiger partial charge in [0.2, 0.25) is 5.69 Å². The second-order valence-electron chi connectivity index (χ2n) is 15.8. The number of hydrogen-bond acceptors (Lipinski definition) is 5. The molecule has 4 aromatic rings. The molecule has 2 aliphatic heterocycles. The summed E-state index contributed by atoms with van der Waals surface area (Å²) < 4.78 is 14.7. The molecule has 0 aromatic heterocycles. The molecular weight excluding hydrogens is 693 g/mol. The third kappa shape index (κ3) is 7.58. The van der Waals surface area contributed by atoms with Gasteiger partial charge >= 0.3 is 0 Å². The Kier molecular flexibility index (Phi) is 11.9. The van der Waals surface area contributed by atoms with Gasteiger partial charge in [-0.15, -0.1) is 0 Å². The van der Waals surface area contributed by atoms with E-state index in [2.05, 4.69) is 85.7 Å². The van der Waals surface area contributed by atoms with E-state index in [1.54, 1.807) is 0 Å². The van der Waals surface area contributed by atoms with Gasteiger partial charge in [-0.3, -0.25) is 4.79 Å². The average molecular weight is 749 g/mol. The standard InChI is InChI=1S/C50H56N2O4/c1-5-7-19-29-49(3)41-25-15-17-27-43(41)51(31-33-55-37-21-11-9-12-22-37)45(49)35-39-47(53)40(48(39)54)36-46-50(4,30-20-8-6-2)42-26-16-18-28-44(42)52(46)32-34-56-38-23-13-10-14-24-38/h9-18,21-28,35-36H,5-8,19-20,29-34H2,1-4H3. The predicted octanol–water partition coefficient (Wildman–Crippen LogP) is 10.1. The normalized spacial score (nSPS) is 21.5. The Labute approximate surface area is 333 Å². The first-order valence-electron chi connectivity index (χ1n) is 20.7. The number of carbonyl (C=O) groups excluding carboxylic acids is 1. The van der Waals surface area contributed by atoms with Crippen molar-refractivity contribution in [2.45, 2.75) is 89.9 Å². The minimum atomic E-state index is -0.360. The average Bonchev–Trinajstić information content (AvgIpc) is 3.60. The molecule has 0 saturated carbocycles. The molecule has 2 heterocycles. The third-order valence-electron chi connectivity index (χ3n) is 12.0. The van der Waals surface area contributed by atoms with E-state index < -0.39 is 0 Å². The predicted molar refractivity (Wildman–Crippen MR) is 225 cm³/mol. The Bertz CT molecular complexity index is 2150. The number of nitrogens with zero attached hydrogens (tertiary/aromatic N) is 2. The lowest BCUT2D eigenvalue weighted by atomic mass is 9.73. The fourth-order valence-corrected chi connectivity index (χ4v) is 8.93. The summed E-state index contributed by atoms with van der Waals surface area (Å²) >= 11 is 0. The quantitative estimate of drug-likeness (QED) is 0.0576. The van der Waals surface area contributed by atoms with Crippen LogP contribution in [0.25, 0.3) is 0 Å². The van der Waals surface area contributed by atoms with Gasteiger partial charge in [0.1, 0.15) is 24.7 Å². The van der Waals surface area contributed by atoms with Crippen LogP contribution in [0.2, 0.25) is 0 Å². The van der Waals surface area contributed by atoms with E-state index in [-0.39, 0.29) is 33.5 Å². The van der Waals surface area contributed by atoms with Gasteiger partial charge in [0.25, 0.3) is 0 Å². The molecule has 0 N–H and O–H groups in total. The van der Waals surface area contributed by atoms with Crippen LogP contribution >= 0.6 is 0 Å². The third-order valence-corrected chi connectivity index (χ3v) is 12.0. The Morgan fingerprint density at radius 2 is 1.25 bits per heavy atom. The topological polar surface area (TPSA) is 64.8 Å². The smallest absolute Gasteiger partial charge is 0.209 e. The van der Waals surface area contributed by atoms with Gasteiger partial charge in [-0.05, 0) is 68.7 Å². The summed E-state index contributed by atoms with van der Waals surface area (Å²) in [6.45, 7) is 11.1. The number of ketones is 1. The zero-order valence-corrected chi connectivity index (χ0v) is 33.6. The maximum absolute atomic E-state index is 14.4. The highest BCUT2D eigenvalue weighted by Crippen LogP contribution is 2.52. The molecule has 0 fully saturated rings. The van der Waals surface area contributed by atoms with Crippen LogP contribution in [-0.2, 0) is 15.6 Å². The fourth-order valence-electron chi connectivity index (χ4n) is 8.93. The van der Waals surface area contributed by atoms with Crippen molar-refractivity contribution in [1.82, 2.24) is 0 Å². The molecule has 4 aromatic carbocycles. The van der Waals surface area contributed by atoms with Crippen molar-refractivity contribution in [3.8, 4) is 11.5 Å². The first-order chi connectivity index (χ1) is 27.3. The van der Waals surface area contributed by atoms with Crippen LogP contribution in [0.4, 0.5) is 11.4 Å². The minimum Gasteiger partial charge on any atom is -0.871 e. The van der Waals surface area contributed by atoms with E-state index in [0.717, 1.165) is 85.6 Å². The van der Waals surface area contributed by atoms with Crippen molar-refractivity contribution in [2.24, 2.45) is 0 Å². The maximum Gasteiger partial charge on any atom is 0.209 e. The summed E-state index contributed by atoms with van der Waals surface area (Å²) in [5.74, 6) is 1.27. The van der Waals surface area contributed by atoms with Crippen LogP contribution in [0.1, 0.15) is 90.2 Å². The molecule has 0 bridgehead atoms. The highest BCUT2D eigenvalue weighted by molar-refractivity contribution is 6.24. The SMILES string of the molecule is CCCCCC1(C)C(C=C2C(=O)C(/C=C3/N(CCOc4ccccc4)c4ccccc4C3(C)CCCCC)=C2[O-])=[N+](CCOc2ccccc2)c2ccccc21. The highest BCUT2D eigenvalue weighted by Gasteiger charge is 2.49. The van der Waals surface area contributed by atoms with Gasteiger partial charge in [0, 0.05) is 45.7 Å². The molecule has 7 rings (SSSR count). The molecule has 2 unspecified atom stereocenters. The molecule has 3 aliphatic rings. The first kappa shape index (κ1) is 38.9. The zero-order valence-electron chi connectivity index (χ0n) is 33.6. The molecule has 6 nitrogen and oxygen atoms in total. The number of rotatable bonds is 18. The number of para-hydroxylation sites is 4. The van der Waals surface area contributed by atoms with Crippen LogP contribution in [-0.4, -0.2) is 42.4 Å². The Balaban J connectivity index is 1.27. The number of allylic oxidation sites excluding steroid dienone is 5. The lowest BCUT2D eigenvalue weighted by Crippen LogP contribution is -2.37. The molecular formula is C50H56N2O4. The van der Waals surface area contributed by atoms with Crippen molar-refractivity contribution in [2.75, 3.05) is 31.2 Å². The summed E-state index contributed by atoms with van der Waals surface area (Å²) in [6, 6.07) is 36.7. The molecule has 290 valence electrons. The van der Waals surface area contributed by atoms with Gasteiger partial charge in [-0.2, -0.15) is 4.58 Å². The van der Waals surface area contributed by atoms with Gasteiger partial charge in [-0.1, -0.05) is 131 Å². The number of benzene rings is 4. The summed E-state index contributed by atoms with van der Waals surface area (Å²) in [4.78, 5) is 16.7. The van der Waals surface area contributed by atoms with Gasteiger partial charge < -0.3 is 19.5 Å². The monoisotopic (exact) mass is 748 g/mol. The maximum atomic E-state index is 14.4. The number of anilines is 1. The number of ether oxygens (including phenoxy) is 2. The molecule has 2 atom stereocenters. The molecule has 0 spiro atoms. The molecule has 0 radical (unpaired) electrons. The highest BCUT2D eigenvalue weighted by atomic mass is 16.5. The summed E-state index contributed by atoms with van der Waals surface area (Å²) in [6.07, 6.45) is 12.2. The van der Waals surface area contributed by atoms with Crippen LogP contribution in [0, 0.1) is 0 Å². The van der Waals surface area contributed by atoms with Crippen molar-refractivity contribution < 1.29 is 24.0 Å². The first-order valence-corrected chi connectivity index (χ1v) is 20.7. The lowest BCUT2D eigenvalue weighted by molar-refractivity contribution is -0.440. The van der Waals surface area contributed by atoms with Crippen LogP contribution in [0.3, 0.4) is 0 Å². The van der Waals surface area contributed by atoms with E-state index in [0.29, 0.717) is 26.3 Å². The van der Waals surface area contributed by atoms with Gasteiger partial charge in [0.15, 0.2) is 18.0 Å². The molecule has 0 amide bonds. The number of carbonyl (C=O) groups is 1. The number of fused-ring (bicyclic) bond motifs is 2. The van der Waals surface area contributed by atoms with Crippen LogP contribution < -0.4 is 19.5 Å². The van der Waals surface area contributed by atoms with E-state index >= 15 is 0 Å². The Morgan fingerprint density at radius 3 is 1.89 bits per heavy atom. The van der Waals surface area contributed by atoms with E-state index in [9.17, 15) is 9.90 Å². The van der Waals surface area contributed by atoms with Gasteiger partial charge in [0.05, 0.1) is 12.0 Å². The van der Waals surface area contributed by atoms with Crippen molar-refractivity contribution in [3.05, 3.63) is 155 Å². The molecule has 56 heavy (non-hydrogen) atoms. The van der Waals surface area contributed by atoms with Gasteiger partial charge in [-0.25, -0.2) is 0 Å². The second-order valence-corrected chi connectivity index (χ2v) is 15.8. The summed E-state index contributed by atoms with van der Waals surface area (Å²) in [7, 11) is 0. The summed E-state index contributed by atoms with van der Waals surface area (Å²) in [5.41, 5.74) is 6.47. The zero-order chi connectivity index (χ0) is 39.1. The van der Waals surface area contributed by atoms with Crippen molar-refractivity contribution in [1.29, 1.82) is 0 Å². The number of Topliss-reactive ketones (excluding diaryl/α,β-unsaturated/α-hetero) is 1. The summed E-state index contributed by atoms with van der Waals surface area (Å²) in [5, 5.41) is 14.4. The molecule has 1 aliphatic carbocycles. The Morgan fingerprint density at radius 1 is 0.679 bits per heavy atom. The Hall–Kier alpha value is -5.36. The largest absolute Gasteiger partial charge is 0.871 e. The van der Waals surface area contributed by atoms with Crippen LogP contribution in [0.15, 0.2) is 144 Å². The molecule has 0 saturated heterocycles. The van der Waals surface area contributed by atoms with Crippen LogP contribution in [0.5, 0.6) is 11.5 Å². The fraction of sp³-hybridized carbons (Fsp3) is 0.360. The van der Waals surface area contributed by atoms with E-state index in [1.807, 2.05) is 72.8 Å².